The van der Waals surface area contributed by atoms with Crippen molar-refractivity contribution in [2.24, 2.45) is 0 Å². The first-order chi connectivity index (χ1) is 17.0. The molecule has 2 aromatic carbocycles. The van der Waals surface area contributed by atoms with Crippen molar-refractivity contribution in [1.29, 1.82) is 0 Å². The molecule has 0 bridgehead atoms. The molecule has 1 aliphatic rings. The quantitative estimate of drug-likeness (QED) is 0.395. The number of aryl methyl sites for hydroxylation is 2. The van der Waals surface area contributed by atoms with Crippen LogP contribution in [-0.4, -0.2) is 56.6 Å². The van der Waals surface area contributed by atoms with Crippen molar-refractivity contribution in [3.05, 3.63) is 77.9 Å². The molecule has 1 amide bonds. The number of anilines is 4. The number of carbonyl (C=O) groups excluding carboxylic acids is 1. The second-order valence-electron chi connectivity index (χ2n) is 8.44. The summed E-state index contributed by atoms with van der Waals surface area (Å²) in [5.41, 5.74) is 4.08. The first-order valence-electron chi connectivity index (χ1n) is 11.5. The SMILES string of the molecule is Cc1cccc(NC(=O)c2ccc(C)c(Nc3nc(N4CCNCC4)nc(-n4ccnc4)n3)c2)c1. The number of aromatic nitrogens is 5. The molecule has 0 aliphatic carbocycles. The number of benzene rings is 2. The van der Waals surface area contributed by atoms with Gasteiger partial charge < -0.3 is 20.9 Å². The molecule has 0 saturated carbocycles. The molecule has 1 aliphatic heterocycles. The minimum absolute atomic E-state index is 0.185. The van der Waals surface area contributed by atoms with Crippen molar-refractivity contribution in [2.75, 3.05) is 41.7 Å². The van der Waals surface area contributed by atoms with E-state index in [0.29, 0.717) is 23.4 Å². The lowest BCUT2D eigenvalue weighted by molar-refractivity contribution is 0.102. The van der Waals surface area contributed by atoms with Crippen LogP contribution in [0, 0.1) is 13.8 Å². The van der Waals surface area contributed by atoms with Gasteiger partial charge in [0.25, 0.3) is 5.91 Å². The third-order valence-corrected chi connectivity index (χ3v) is 5.77. The molecule has 0 unspecified atom stereocenters. The van der Waals surface area contributed by atoms with E-state index in [1.807, 2.05) is 56.3 Å². The van der Waals surface area contributed by atoms with Gasteiger partial charge in [0.15, 0.2) is 0 Å². The Labute approximate surface area is 203 Å². The first-order valence-corrected chi connectivity index (χ1v) is 11.5. The highest BCUT2D eigenvalue weighted by molar-refractivity contribution is 6.05. The number of amides is 1. The van der Waals surface area contributed by atoms with Crippen LogP contribution >= 0.6 is 0 Å². The second kappa shape index (κ2) is 9.90. The van der Waals surface area contributed by atoms with Crippen molar-refractivity contribution in [3.63, 3.8) is 0 Å². The van der Waals surface area contributed by atoms with Gasteiger partial charge in [0.05, 0.1) is 0 Å². The number of hydrogen-bond acceptors (Lipinski definition) is 8. The molecule has 0 atom stereocenters. The molecule has 3 N–H and O–H groups in total. The summed E-state index contributed by atoms with van der Waals surface area (Å²) in [5.74, 6) is 1.28. The van der Waals surface area contributed by atoms with E-state index in [1.54, 1.807) is 23.3 Å². The van der Waals surface area contributed by atoms with Gasteiger partial charge in [-0.15, -0.1) is 0 Å². The number of imidazole rings is 1. The normalized spacial score (nSPS) is 13.5. The molecule has 1 saturated heterocycles. The van der Waals surface area contributed by atoms with Crippen molar-refractivity contribution < 1.29 is 4.79 Å². The topological polar surface area (TPSA) is 113 Å². The zero-order chi connectivity index (χ0) is 24.2. The molecule has 3 heterocycles. The van der Waals surface area contributed by atoms with Gasteiger partial charge in [-0.25, -0.2) is 4.98 Å². The lowest BCUT2D eigenvalue weighted by Crippen LogP contribution is -2.44. The van der Waals surface area contributed by atoms with Crippen LogP contribution in [0.3, 0.4) is 0 Å². The zero-order valence-corrected chi connectivity index (χ0v) is 19.7. The summed E-state index contributed by atoms with van der Waals surface area (Å²) in [6.45, 7) is 7.31. The smallest absolute Gasteiger partial charge is 0.255 e. The van der Waals surface area contributed by atoms with E-state index in [4.69, 9.17) is 0 Å². The van der Waals surface area contributed by atoms with Crippen LogP contribution in [0.2, 0.25) is 0 Å². The number of nitrogens with one attached hydrogen (secondary N) is 3. The molecule has 1 fully saturated rings. The summed E-state index contributed by atoms with van der Waals surface area (Å²) >= 11 is 0. The number of nitrogens with zero attached hydrogens (tertiary/aromatic N) is 6. The van der Waals surface area contributed by atoms with Gasteiger partial charge in [0, 0.05) is 55.5 Å². The summed E-state index contributed by atoms with van der Waals surface area (Å²) in [6.07, 6.45) is 5.13. The van der Waals surface area contributed by atoms with Crippen LogP contribution in [0.4, 0.5) is 23.3 Å². The molecular weight excluding hydrogens is 442 g/mol. The Bertz CT molecular complexity index is 1330. The Morgan fingerprint density at radius 1 is 1.00 bits per heavy atom. The lowest BCUT2D eigenvalue weighted by Gasteiger charge is -2.27. The molecular formula is C25H27N9O. The molecule has 5 rings (SSSR count). The second-order valence-corrected chi connectivity index (χ2v) is 8.44. The average molecular weight is 470 g/mol. The first kappa shape index (κ1) is 22.5. The largest absolute Gasteiger partial charge is 0.338 e. The van der Waals surface area contributed by atoms with E-state index >= 15 is 0 Å². The van der Waals surface area contributed by atoms with Crippen LogP contribution in [-0.2, 0) is 0 Å². The van der Waals surface area contributed by atoms with Gasteiger partial charge in [-0.1, -0.05) is 18.2 Å². The van der Waals surface area contributed by atoms with Crippen LogP contribution in [0.1, 0.15) is 21.5 Å². The Morgan fingerprint density at radius 3 is 2.60 bits per heavy atom. The van der Waals surface area contributed by atoms with E-state index in [2.05, 4.69) is 40.8 Å². The summed E-state index contributed by atoms with van der Waals surface area (Å²) in [6, 6.07) is 13.2. The average Bonchev–Trinajstić information content (AvgIpc) is 3.41. The van der Waals surface area contributed by atoms with Crippen molar-refractivity contribution >= 4 is 29.2 Å². The maximum Gasteiger partial charge on any atom is 0.255 e. The zero-order valence-electron chi connectivity index (χ0n) is 19.7. The third-order valence-electron chi connectivity index (χ3n) is 5.77. The maximum atomic E-state index is 12.9. The lowest BCUT2D eigenvalue weighted by atomic mass is 10.1. The predicted octanol–water partition coefficient (Wildman–Crippen LogP) is 3.08. The Hall–Kier alpha value is -4.31. The molecule has 0 spiro atoms. The minimum Gasteiger partial charge on any atom is -0.338 e. The molecule has 0 radical (unpaired) electrons. The fourth-order valence-electron chi connectivity index (χ4n) is 3.85. The summed E-state index contributed by atoms with van der Waals surface area (Å²) < 4.78 is 1.75. The Morgan fingerprint density at radius 2 is 1.83 bits per heavy atom. The highest BCUT2D eigenvalue weighted by Crippen LogP contribution is 2.23. The van der Waals surface area contributed by atoms with E-state index in [1.165, 1.54) is 0 Å². The van der Waals surface area contributed by atoms with Gasteiger partial charge in [0.1, 0.15) is 6.33 Å². The van der Waals surface area contributed by atoms with Gasteiger partial charge in [-0.3, -0.25) is 9.36 Å². The molecule has 2 aromatic heterocycles. The standard InChI is InChI=1S/C25H27N9O/c1-17-4-3-5-20(14-17)28-22(35)19-7-6-18(2)21(15-19)29-23-30-24(33-11-8-26-9-12-33)32-25(31-23)34-13-10-27-16-34/h3-7,10,13-16,26H,8-9,11-12H2,1-2H3,(H,28,35)(H,29,30,31,32). The van der Waals surface area contributed by atoms with Crippen molar-refractivity contribution in [3.8, 4) is 5.95 Å². The highest BCUT2D eigenvalue weighted by atomic mass is 16.1. The van der Waals surface area contributed by atoms with E-state index in [-0.39, 0.29) is 5.91 Å². The van der Waals surface area contributed by atoms with Crippen molar-refractivity contribution in [1.82, 2.24) is 29.8 Å². The monoisotopic (exact) mass is 469 g/mol. The molecule has 4 aromatic rings. The van der Waals surface area contributed by atoms with Gasteiger partial charge in [-0.2, -0.15) is 15.0 Å². The minimum atomic E-state index is -0.185. The molecule has 10 heteroatoms. The van der Waals surface area contributed by atoms with Gasteiger partial charge in [0.2, 0.25) is 17.8 Å². The summed E-state index contributed by atoms with van der Waals surface area (Å²) in [4.78, 5) is 33.1. The van der Waals surface area contributed by atoms with Crippen LogP contribution in [0.15, 0.2) is 61.2 Å². The van der Waals surface area contributed by atoms with Crippen LogP contribution in [0.5, 0.6) is 0 Å². The highest BCUT2D eigenvalue weighted by Gasteiger charge is 2.18. The van der Waals surface area contributed by atoms with Crippen molar-refractivity contribution in [2.45, 2.75) is 13.8 Å². The number of hydrogen-bond donors (Lipinski definition) is 3. The van der Waals surface area contributed by atoms with E-state index in [9.17, 15) is 4.79 Å². The van der Waals surface area contributed by atoms with Gasteiger partial charge >= 0.3 is 0 Å². The van der Waals surface area contributed by atoms with Gasteiger partial charge in [-0.05, 0) is 49.2 Å². The van der Waals surface area contributed by atoms with Crippen LogP contribution < -0.4 is 20.9 Å². The number of piperazine rings is 1. The summed E-state index contributed by atoms with van der Waals surface area (Å²) in [7, 11) is 0. The number of carbonyl (C=O) groups is 1. The Kier molecular flexibility index (Phi) is 6.36. The van der Waals surface area contributed by atoms with E-state index in [0.717, 1.165) is 48.7 Å². The third kappa shape index (κ3) is 5.28. The van der Waals surface area contributed by atoms with E-state index < -0.39 is 0 Å². The summed E-state index contributed by atoms with van der Waals surface area (Å²) in [5, 5.41) is 9.61. The molecule has 178 valence electrons. The predicted molar refractivity (Wildman–Crippen MR) is 136 cm³/mol. The maximum absolute atomic E-state index is 12.9. The van der Waals surface area contributed by atoms with Crippen LogP contribution in [0.25, 0.3) is 5.95 Å². The molecule has 10 nitrogen and oxygen atoms in total. The number of rotatable bonds is 6. The Balaban J connectivity index is 1.43. The fraction of sp³-hybridized carbons (Fsp3) is 0.240. The fourth-order valence-corrected chi connectivity index (χ4v) is 3.85. The molecule has 35 heavy (non-hydrogen) atoms.